The lowest BCUT2D eigenvalue weighted by atomic mass is 9.95. The van der Waals surface area contributed by atoms with E-state index >= 15 is 0 Å². The molecule has 0 fully saturated rings. The first-order chi connectivity index (χ1) is 13.5. The number of hydrogen-bond donors (Lipinski definition) is 3. The van der Waals surface area contributed by atoms with Crippen LogP contribution >= 0.6 is 0 Å². The molecule has 146 valence electrons. The van der Waals surface area contributed by atoms with Crippen molar-refractivity contribution in [2.45, 2.75) is 32.7 Å². The van der Waals surface area contributed by atoms with Gasteiger partial charge in [0.05, 0.1) is 6.07 Å². The molecule has 6 nitrogen and oxygen atoms in total. The lowest BCUT2D eigenvalue weighted by Crippen LogP contribution is -2.25. The average Bonchev–Trinajstić information content (AvgIpc) is 2.70. The Morgan fingerprint density at radius 1 is 1.07 bits per heavy atom. The molecule has 0 heterocycles. The van der Waals surface area contributed by atoms with E-state index in [-0.39, 0.29) is 24.9 Å². The molecule has 0 aliphatic heterocycles. The van der Waals surface area contributed by atoms with Crippen molar-refractivity contribution < 1.29 is 14.7 Å². The van der Waals surface area contributed by atoms with Gasteiger partial charge in [0.1, 0.15) is 6.54 Å². The number of nitrogens with one attached hydrogen (secondary N) is 2. The molecular formula is C22H25N3O3. The Balaban J connectivity index is 1.92. The van der Waals surface area contributed by atoms with Gasteiger partial charge in [0.2, 0.25) is 5.91 Å². The summed E-state index contributed by atoms with van der Waals surface area (Å²) in [4.78, 5) is 22.2. The van der Waals surface area contributed by atoms with Crippen LogP contribution in [0, 0.1) is 17.2 Å². The molecule has 0 bridgehead atoms. The van der Waals surface area contributed by atoms with E-state index in [1.54, 1.807) is 0 Å². The molecule has 2 aromatic carbocycles. The van der Waals surface area contributed by atoms with Crippen molar-refractivity contribution in [1.29, 1.82) is 5.26 Å². The fourth-order valence-corrected chi connectivity index (χ4v) is 2.94. The van der Waals surface area contributed by atoms with E-state index in [9.17, 15) is 9.59 Å². The van der Waals surface area contributed by atoms with E-state index < -0.39 is 6.09 Å². The number of aryl methyl sites for hydroxylation is 1. The van der Waals surface area contributed by atoms with Crippen LogP contribution < -0.4 is 10.6 Å². The van der Waals surface area contributed by atoms with Gasteiger partial charge in [-0.3, -0.25) is 4.79 Å². The normalized spacial score (nSPS) is 11.3. The molecule has 0 saturated heterocycles. The maximum atomic E-state index is 11.7. The molecule has 2 rings (SSSR count). The number of nitriles is 1. The zero-order chi connectivity index (χ0) is 20.4. The topological polar surface area (TPSA) is 102 Å². The lowest BCUT2D eigenvalue weighted by molar-refractivity contribution is -0.121. The minimum atomic E-state index is -1.03. The number of carbonyl (C=O) groups is 2. The summed E-state index contributed by atoms with van der Waals surface area (Å²) in [6, 6.07) is 18.0. The van der Waals surface area contributed by atoms with Gasteiger partial charge in [0.15, 0.2) is 0 Å². The van der Waals surface area contributed by atoms with Crippen LogP contribution in [0.3, 0.4) is 0 Å². The van der Waals surface area contributed by atoms with Crippen LogP contribution in [-0.2, 0) is 17.8 Å². The predicted octanol–water partition coefficient (Wildman–Crippen LogP) is 3.72. The number of nitrogens with zero attached hydrogens (tertiary/aromatic N) is 1. The summed E-state index contributed by atoms with van der Waals surface area (Å²) >= 11 is 0. The smallest absolute Gasteiger partial charge is 0.404 e. The highest BCUT2D eigenvalue weighted by Crippen LogP contribution is 2.22. The van der Waals surface area contributed by atoms with Crippen LogP contribution in [0.25, 0.3) is 11.1 Å². The molecular weight excluding hydrogens is 354 g/mol. The SMILES string of the molecule is CC(CCc1cccc(-c2ccc(CNC(=O)O)cc2)c1)CC(=O)NCC#N. The maximum Gasteiger partial charge on any atom is 0.404 e. The Kier molecular flexibility index (Phi) is 8.04. The molecule has 28 heavy (non-hydrogen) atoms. The van der Waals surface area contributed by atoms with Gasteiger partial charge >= 0.3 is 6.09 Å². The second-order valence-corrected chi connectivity index (χ2v) is 6.84. The van der Waals surface area contributed by atoms with Crippen molar-refractivity contribution in [2.75, 3.05) is 6.54 Å². The number of hydrogen-bond acceptors (Lipinski definition) is 3. The summed E-state index contributed by atoms with van der Waals surface area (Å²) in [6.45, 7) is 2.38. The first-order valence-electron chi connectivity index (χ1n) is 9.26. The maximum absolute atomic E-state index is 11.7. The molecule has 1 atom stereocenters. The molecule has 2 aromatic rings. The van der Waals surface area contributed by atoms with Crippen molar-refractivity contribution in [2.24, 2.45) is 5.92 Å². The third kappa shape index (κ3) is 7.12. The van der Waals surface area contributed by atoms with Gasteiger partial charge < -0.3 is 15.7 Å². The highest BCUT2D eigenvalue weighted by atomic mass is 16.4. The standard InChI is InChI=1S/C22H25N3O3/c1-16(13-21(26)24-12-11-23)5-6-17-3-2-4-20(14-17)19-9-7-18(8-10-19)15-25-22(27)28/h2-4,7-10,14,16,25H,5-6,12-13,15H2,1H3,(H,24,26)(H,27,28). The van der Waals surface area contributed by atoms with E-state index in [2.05, 4.69) is 22.8 Å². The lowest BCUT2D eigenvalue weighted by Gasteiger charge is -2.12. The number of carboxylic acid groups (broad SMARTS) is 1. The number of carbonyl (C=O) groups excluding carboxylic acids is 1. The van der Waals surface area contributed by atoms with Gasteiger partial charge in [0.25, 0.3) is 0 Å². The van der Waals surface area contributed by atoms with Crippen molar-refractivity contribution in [1.82, 2.24) is 10.6 Å². The fourth-order valence-electron chi connectivity index (χ4n) is 2.94. The van der Waals surface area contributed by atoms with Crippen molar-refractivity contribution >= 4 is 12.0 Å². The predicted molar refractivity (Wildman–Crippen MR) is 107 cm³/mol. The van der Waals surface area contributed by atoms with Crippen LogP contribution in [0.4, 0.5) is 4.79 Å². The van der Waals surface area contributed by atoms with Gasteiger partial charge in [-0.15, -0.1) is 0 Å². The van der Waals surface area contributed by atoms with E-state index in [1.165, 1.54) is 5.56 Å². The van der Waals surface area contributed by atoms with Crippen molar-refractivity contribution in [3.05, 3.63) is 59.7 Å². The monoisotopic (exact) mass is 379 g/mol. The number of rotatable bonds is 9. The van der Waals surface area contributed by atoms with Crippen LogP contribution in [0.5, 0.6) is 0 Å². The van der Waals surface area contributed by atoms with E-state index in [0.717, 1.165) is 29.5 Å². The summed E-state index contributed by atoms with van der Waals surface area (Å²) in [5.41, 5.74) is 4.30. The van der Waals surface area contributed by atoms with Gasteiger partial charge in [0, 0.05) is 13.0 Å². The molecule has 0 saturated carbocycles. The Morgan fingerprint density at radius 2 is 1.82 bits per heavy atom. The molecule has 0 aliphatic rings. The Labute approximate surface area is 165 Å². The number of amides is 2. The Morgan fingerprint density at radius 3 is 2.50 bits per heavy atom. The second-order valence-electron chi connectivity index (χ2n) is 6.84. The minimum absolute atomic E-state index is 0.0543. The molecule has 0 aliphatic carbocycles. The minimum Gasteiger partial charge on any atom is -0.465 e. The fraction of sp³-hybridized carbons (Fsp3) is 0.318. The van der Waals surface area contributed by atoms with Gasteiger partial charge in [-0.1, -0.05) is 55.5 Å². The second kappa shape index (κ2) is 10.7. The third-order valence-electron chi connectivity index (χ3n) is 4.48. The molecule has 6 heteroatoms. The third-order valence-corrected chi connectivity index (χ3v) is 4.48. The van der Waals surface area contributed by atoms with Crippen LogP contribution in [0.15, 0.2) is 48.5 Å². The zero-order valence-electron chi connectivity index (χ0n) is 15.9. The molecule has 0 aromatic heterocycles. The highest BCUT2D eigenvalue weighted by molar-refractivity contribution is 5.76. The summed E-state index contributed by atoms with van der Waals surface area (Å²) < 4.78 is 0. The van der Waals surface area contributed by atoms with E-state index in [1.807, 2.05) is 49.4 Å². The first kappa shape index (κ1) is 21.0. The first-order valence-corrected chi connectivity index (χ1v) is 9.26. The van der Waals surface area contributed by atoms with Crippen LogP contribution in [-0.4, -0.2) is 23.7 Å². The molecule has 3 N–H and O–H groups in total. The molecule has 0 spiro atoms. The molecule has 2 amide bonds. The zero-order valence-corrected chi connectivity index (χ0v) is 15.9. The highest BCUT2D eigenvalue weighted by Gasteiger charge is 2.09. The van der Waals surface area contributed by atoms with Gasteiger partial charge in [-0.2, -0.15) is 5.26 Å². The van der Waals surface area contributed by atoms with E-state index in [4.69, 9.17) is 10.4 Å². The quantitative estimate of drug-likeness (QED) is 0.578. The van der Waals surface area contributed by atoms with E-state index in [0.29, 0.717) is 6.42 Å². The number of benzene rings is 2. The average molecular weight is 379 g/mol. The summed E-state index contributed by atoms with van der Waals surface area (Å²) in [5, 5.41) is 22.1. The Hall–Kier alpha value is -3.33. The summed E-state index contributed by atoms with van der Waals surface area (Å²) in [5.74, 6) is 0.156. The van der Waals surface area contributed by atoms with Gasteiger partial charge in [-0.25, -0.2) is 4.79 Å². The summed E-state index contributed by atoms with van der Waals surface area (Å²) in [7, 11) is 0. The van der Waals surface area contributed by atoms with Crippen molar-refractivity contribution in [3.63, 3.8) is 0 Å². The summed E-state index contributed by atoms with van der Waals surface area (Å²) in [6.07, 6.45) is 1.16. The largest absolute Gasteiger partial charge is 0.465 e. The Bertz CT molecular complexity index is 841. The molecule has 0 radical (unpaired) electrons. The van der Waals surface area contributed by atoms with Crippen molar-refractivity contribution in [3.8, 4) is 17.2 Å². The van der Waals surface area contributed by atoms with Crippen LogP contribution in [0.2, 0.25) is 0 Å². The molecule has 1 unspecified atom stereocenters. The van der Waals surface area contributed by atoms with Gasteiger partial charge in [-0.05, 0) is 41.0 Å². The van der Waals surface area contributed by atoms with Crippen LogP contribution in [0.1, 0.15) is 30.9 Å².